The van der Waals surface area contributed by atoms with Gasteiger partial charge in [0, 0.05) is 24.3 Å². The minimum atomic E-state index is -1.36. The van der Waals surface area contributed by atoms with E-state index < -0.39 is 72.3 Å². The SMILES string of the molecule is CCCCCCCCCCCCCCCC(=O)OCCSCCC(=O)N[C@@H](CO)C(=O)N[C@@H](CCCCN)C(=O)N[C@@H](CCCCN)C(=O)N[C@@H](CCCCN)C(=O)N[C@@H](CCCCN)C(N)=O. The van der Waals surface area contributed by atoms with Crippen LogP contribution in [0, 0.1) is 0 Å². The molecule has 68 heavy (non-hydrogen) atoms. The number of carbonyl (C=O) groups is 7. The number of hydrogen-bond donors (Lipinski definition) is 11. The Balaban J connectivity index is 5.20. The predicted octanol–water partition coefficient (Wildman–Crippen LogP) is 2.55. The van der Waals surface area contributed by atoms with Crippen molar-refractivity contribution in [2.24, 2.45) is 28.7 Å². The Kier molecular flexibility index (Phi) is 42.3. The molecule has 0 heterocycles. The molecule has 0 aromatic carbocycles. The third kappa shape index (κ3) is 34.7. The fourth-order valence-corrected chi connectivity index (χ4v) is 8.19. The number of nitrogens with two attached hydrogens (primary N) is 5. The van der Waals surface area contributed by atoms with Crippen LogP contribution in [0.25, 0.3) is 0 Å². The number of ether oxygens (including phenoxy) is 1. The molecule has 0 saturated carbocycles. The first kappa shape index (κ1) is 64.4. The first-order valence-corrected chi connectivity index (χ1v) is 27.0. The first-order chi connectivity index (χ1) is 32.9. The Hall–Kier alpha value is -3.56. The van der Waals surface area contributed by atoms with Crippen molar-refractivity contribution in [2.75, 3.05) is 50.9 Å². The van der Waals surface area contributed by atoms with E-state index in [1.165, 1.54) is 76.0 Å². The molecule has 0 spiro atoms. The number of unbranched alkanes of at least 4 members (excludes halogenated alkanes) is 16. The van der Waals surface area contributed by atoms with E-state index in [0.29, 0.717) is 95.5 Å². The van der Waals surface area contributed by atoms with Gasteiger partial charge >= 0.3 is 5.97 Å². The van der Waals surface area contributed by atoms with Crippen molar-refractivity contribution in [1.29, 1.82) is 0 Å². The Morgan fingerprint density at radius 3 is 1.21 bits per heavy atom. The van der Waals surface area contributed by atoms with Crippen LogP contribution in [0.15, 0.2) is 0 Å². The molecule has 0 unspecified atom stereocenters. The van der Waals surface area contributed by atoms with Gasteiger partial charge in [-0.2, -0.15) is 11.8 Å². The molecule has 0 aromatic rings. The Labute approximate surface area is 412 Å². The van der Waals surface area contributed by atoms with Crippen LogP contribution in [0.3, 0.4) is 0 Å². The largest absolute Gasteiger partial charge is 0.465 e. The zero-order valence-corrected chi connectivity index (χ0v) is 42.5. The summed E-state index contributed by atoms with van der Waals surface area (Å²) < 4.78 is 5.35. The molecular weight excluding hydrogens is 893 g/mol. The van der Waals surface area contributed by atoms with Gasteiger partial charge in [0.15, 0.2) is 0 Å². The van der Waals surface area contributed by atoms with Crippen LogP contribution in [-0.4, -0.2) is 128 Å². The maximum atomic E-state index is 13.9. The number of amides is 6. The molecule has 5 atom stereocenters. The van der Waals surface area contributed by atoms with Crippen molar-refractivity contribution in [3.63, 3.8) is 0 Å². The van der Waals surface area contributed by atoms with Gasteiger partial charge in [-0.05, 0) is 110 Å². The van der Waals surface area contributed by atoms with Gasteiger partial charge in [-0.15, -0.1) is 0 Å². The van der Waals surface area contributed by atoms with Crippen LogP contribution >= 0.6 is 11.8 Å². The zero-order valence-electron chi connectivity index (χ0n) is 41.6. The number of thioether (sulfide) groups is 1. The highest BCUT2D eigenvalue weighted by Gasteiger charge is 2.32. The second kappa shape index (κ2) is 44.6. The molecule has 6 amide bonds. The van der Waals surface area contributed by atoms with Crippen LogP contribution in [-0.2, 0) is 38.3 Å². The van der Waals surface area contributed by atoms with Crippen molar-refractivity contribution < 1.29 is 43.4 Å². The lowest BCUT2D eigenvalue weighted by molar-refractivity contribution is -0.143. The van der Waals surface area contributed by atoms with E-state index >= 15 is 0 Å². The molecule has 0 rings (SSSR count). The van der Waals surface area contributed by atoms with Gasteiger partial charge in [-0.1, -0.05) is 84.0 Å². The van der Waals surface area contributed by atoms with Crippen LogP contribution in [0.2, 0.25) is 0 Å². The fourth-order valence-electron chi connectivity index (χ4n) is 7.45. The number of carbonyl (C=O) groups excluding carboxylic acids is 7. The average Bonchev–Trinajstić information content (AvgIpc) is 3.31. The fraction of sp³-hybridized carbons (Fsp3) is 0.854. The molecule has 0 aromatic heterocycles. The molecule has 0 fully saturated rings. The maximum absolute atomic E-state index is 13.9. The van der Waals surface area contributed by atoms with Gasteiger partial charge in [0.25, 0.3) is 0 Å². The van der Waals surface area contributed by atoms with Crippen molar-refractivity contribution >= 4 is 53.2 Å². The molecule has 0 saturated heterocycles. The van der Waals surface area contributed by atoms with E-state index in [9.17, 15) is 38.7 Å². The van der Waals surface area contributed by atoms with Crippen molar-refractivity contribution in [3.05, 3.63) is 0 Å². The lowest BCUT2D eigenvalue weighted by atomic mass is 10.0. The number of esters is 1. The van der Waals surface area contributed by atoms with Crippen LogP contribution in [0.5, 0.6) is 0 Å². The Morgan fingerprint density at radius 2 is 0.824 bits per heavy atom. The standard InChI is InChI=1S/C48H94N10O9S/c1-2-3-4-5-6-7-8-9-10-11-12-13-14-27-43(61)67-33-35-68-34-28-42(60)54-41(36-59)48(66)58-40(26-18-22-32-52)47(65)57-39(25-17-21-31-51)46(64)56-38(24-16-20-30-50)45(63)55-37(44(53)62)23-15-19-29-49/h37-41,59H,2-36,49-52H2,1H3,(H2,53,62)(H,54,60)(H,55,63)(H,56,64)(H,57,65)(H,58,66)/t37-,38-,39-,40-,41-/m0/s1. The lowest BCUT2D eigenvalue weighted by Gasteiger charge is -2.27. The number of nitrogens with one attached hydrogen (secondary N) is 5. The molecule has 0 aliphatic heterocycles. The number of hydrogen-bond acceptors (Lipinski definition) is 14. The van der Waals surface area contributed by atoms with Crippen LogP contribution in [0.4, 0.5) is 0 Å². The van der Waals surface area contributed by atoms with E-state index in [1.54, 1.807) is 0 Å². The van der Waals surface area contributed by atoms with Crippen molar-refractivity contribution in [3.8, 4) is 0 Å². The van der Waals surface area contributed by atoms with Gasteiger partial charge in [0.1, 0.15) is 36.8 Å². The highest BCUT2D eigenvalue weighted by molar-refractivity contribution is 7.99. The maximum Gasteiger partial charge on any atom is 0.305 e. The summed E-state index contributed by atoms with van der Waals surface area (Å²) in [6.45, 7) is 3.17. The minimum absolute atomic E-state index is 0.0318. The third-order valence-electron chi connectivity index (χ3n) is 11.6. The molecule has 0 radical (unpaired) electrons. The summed E-state index contributed by atoms with van der Waals surface area (Å²) in [4.78, 5) is 91.7. The summed E-state index contributed by atoms with van der Waals surface area (Å²) in [6.07, 6.45) is 21.4. The second-order valence-electron chi connectivity index (χ2n) is 17.7. The highest BCUT2D eigenvalue weighted by Crippen LogP contribution is 2.14. The third-order valence-corrected chi connectivity index (χ3v) is 12.6. The summed E-state index contributed by atoms with van der Waals surface area (Å²) in [7, 11) is 0. The Bertz CT molecular complexity index is 1370. The van der Waals surface area contributed by atoms with Gasteiger partial charge < -0.3 is 65.1 Å². The van der Waals surface area contributed by atoms with Crippen molar-refractivity contribution in [2.45, 2.75) is 210 Å². The molecule has 19 nitrogen and oxygen atoms in total. The molecule has 0 aliphatic carbocycles. The smallest absolute Gasteiger partial charge is 0.305 e. The number of aliphatic hydroxyl groups excluding tert-OH is 1. The molecule has 0 bridgehead atoms. The molecular formula is C48H94N10O9S. The summed E-state index contributed by atoms with van der Waals surface area (Å²) in [5, 5.41) is 23.3. The first-order valence-electron chi connectivity index (χ1n) is 25.8. The number of rotatable bonds is 47. The highest BCUT2D eigenvalue weighted by atomic mass is 32.2. The topological polar surface area (TPSA) is 339 Å². The Morgan fingerprint density at radius 1 is 0.456 bits per heavy atom. The number of aliphatic hydroxyl groups is 1. The summed E-state index contributed by atoms with van der Waals surface area (Å²) in [5.41, 5.74) is 28.3. The normalized spacial score (nSPS) is 13.4. The molecule has 396 valence electrons. The zero-order chi connectivity index (χ0) is 50.6. The molecule has 0 aliphatic rings. The average molecular weight is 987 g/mol. The second-order valence-corrected chi connectivity index (χ2v) is 18.9. The van der Waals surface area contributed by atoms with Crippen molar-refractivity contribution in [1.82, 2.24) is 26.6 Å². The monoisotopic (exact) mass is 987 g/mol. The van der Waals surface area contributed by atoms with E-state index in [4.69, 9.17) is 33.4 Å². The van der Waals surface area contributed by atoms with Crippen LogP contribution in [0.1, 0.15) is 180 Å². The van der Waals surface area contributed by atoms with Gasteiger partial charge in [0.05, 0.1) is 6.61 Å². The van der Waals surface area contributed by atoms with Gasteiger partial charge in [-0.25, -0.2) is 0 Å². The molecule has 20 heteroatoms. The number of primary amides is 1. The lowest BCUT2D eigenvalue weighted by Crippen LogP contribution is -2.59. The summed E-state index contributed by atoms with van der Waals surface area (Å²) in [6, 6.07) is -5.71. The van der Waals surface area contributed by atoms with E-state index in [-0.39, 0.29) is 44.7 Å². The summed E-state index contributed by atoms with van der Waals surface area (Å²) in [5.74, 6) is -3.31. The van der Waals surface area contributed by atoms with Gasteiger partial charge in [-0.3, -0.25) is 33.6 Å². The van der Waals surface area contributed by atoms with E-state index in [0.717, 1.165) is 19.3 Å². The quantitative estimate of drug-likeness (QED) is 0.0309. The molecule has 16 N–H and O–H groups in total. The van der Waals surface area contributed by atoms with E-state index in [2.05, 4.69) is 33.5 Å². The van der Waals surface area contributed by atoms with Gasteiger partial charge in [0.2, 0.25) is 35.4 Å². The van der Waals surface area contributed by atoms with E-state index in [1.807, 2.05) is 0 Å². The minimum Gasteiger partial charge on any atom is -0.465 e. The van der Waals surface area contributed by atoms with Crippen LogP contribution < -0.4 is 55.3 Å². The predicted molar refractivity (Wildman–Crippen MR) is 271 cm³/mol. The summed E-state index contributed by atoms with van der Waals surface area (Å²) >= 11 is 1.42.